The molecule has 0 heterocycles. The molecule has 0 aromatic rings. The Morgan fingerprint density at radius 3 is 1.85 bits per heavy atom. The van der Waals surface area contributed by atoms with E-state index in [4.69, 9.17) is 0 Å². The highest BCUT2D eigenvalue weighted by Crippen LogP contribution is 2.41. The predicted molar refractivity (Wildman–Crippen MR) is 181 cm³/mol. The van der Waals surface area contributed by atoms with Crippen LogP contribution in [0.15, 0.2) is 118 Å². The van der Waals surface area contributed by atoms with Gasteiger partial charge in [0.25, 0.3) is 0 Å². The second-order valence-electron chi connectivity index (χ2n) is 13.6. The summed E-state index contributed by atoms with van der Waals surface area (Å²) in [7, 11) is 0. The van der Waals surface area contributed by atoms with Crippen LogP contribution < -0.4 is 0 Å². The Morgan fingerprint density at radius 2 is 1.25 bits per heavy atom. The van der Waals surface area contributed by atoms with E-state index in [0.717, 1.165) is 6.42 Å². The largest absolute Gasteiger partial charge is 0.0805 e. The summed E-state index contributed by atoms with van der Waals surface area (Å²) in [6.07, 6.45) is 38.0. The van der Waals surface area contributed by atoms with Gasteiger partial charge in [-0.05, 0) is 107 Å². The maximum Gasteiger partial charge on any atom is -0.00755 e. The van der Waals surface area contributed by atoms with Crippen molar-refractivity contribution in [1.29, 1.82) is 0 Å². The van der Waals surface area contributed by atoms with Gasteiger partial charge in [0, 0.05) is 0 Å². The van der Waals surface area contributed by atoms with Crippen molar-refractivity contribution in [3.8, 4) is 0 Å². The molecule has 0 saturated carbocycles. The zero-order valence-electron chi connectivity index (χ0n) is 27.5. The average molecular weight is 539 g/mol. The monoisotopic (exact) mass is 538 g/mol. The van der Waals surface area contributed by atoms with E-state index in [2.05, 4.69) is 148 Å². The van der Waals surface area contributed by atoms with E-state index in [1.54, 1.807) is 16.7 Å². The average Bonchev–Trinajstić information content (AvgIpc) is 2.85. The van der Waals surface area contributed by atoms with Crippen LogP contribution in [0.25, 0.3) is 0 Å². The third-order valence-electron chi connectivity index (χ3n) is 8.61. The quantitative estimate of drug-likeness (QED) is 0.229. The molecular formula is C40H58. The van der Waals surface area contributed by atoms with Crippen LogP contribution in [0.2, 0.25) is 0 Å². The van der Waals surface area contributed by atoms with Crippen LogP contribution in [0.5, 0.6) is 0 Å². The normalized spacial score (nSPS) is 22.3. The van der Waals surface area contributed by atoms with Gasteiger partial charge in [0.15, 0.2) is 0 Å². The first-order valence-electron chi connectivity index (χ1n) is 15.6. The summed E-state index contributed by atoms with van der Waals surface area (Å²) < 4.78 is 0. The topological polar surface area (TPSA) is 0 Å². The van der Waals surface area contributed by atoms with Crippen LogP contribution in [0.3, 0.4) is 0 Å². The molecule has 0 heteroatoms. The van der Waals surface area contributed by atoms with Gasteiger partial charge in [0.05, 0.1) is 0 Å². The molecule has 2 aliphatic rings. The maximum atomic E-state index is 2.38. The number of allylic oxidation sites excluding steroid dienone is 20. The zero-order chi connectivity index (χ0) is 29.8. The third-order valence-corrected chi connectivity index (χ3v) is 8.61. The maximum absolute atomic E-state index is 2.38. The molecule has 0 radical (unpaired) electrons. The van der Waals surface area contributed by atoms with Gasteiger partial charge in [-0.25, -0.2) is 0 Å². The van der Waals surface area contributed by atoms with Gasteiger partial charge in [0.2, 0.25) is 0 Å². The second kappa shape index (κ2) is 16.0. The molecule has 0 fully saturated rings. The van der Waals surface area contributed by atoms with Crippen molar-refractivity contribution in [2.45, 2.75) is 114 Å². The van der Waals surface area contributed by atoms with Gasteiger partial charge in [-0.3, -0.25) is 0 Å². The minimum Gasteiger partial charge on any atom is -0.0805 e. The summed E-state index contributed by atoms with van der Waals surface area (Å²) in [5.41, 5.74) is 10.6. The fourth-order valence-electron chi connectivity index (χ4n) is 5.97. The Hall–Kier alpha value is -2.60. The van der Waals surface area contributed by atoms with Gasteiger partial charge < -0.3 is 0 Å². The van der Waals surface area contributed by atoms with E-state index in [1.807, 2.05) is 0 Å². The van der Waals surface area contributed by atoms with E-state index < -0.39 is 0 Å². The first-order chi connectivity index (χ1) is 18.8. The molecule has 0 saturated heterocycles. The molecule has 0 N–H and O–H groups in total. The highest BCUT2D eigenvalue weighted by Gasteiger charge is 2.27. The smallest absolute Gasteiger partial charge is 0.00755 e. The predicted octanol–water partition coefficient (Wildman–Crippen LogP) is 12.7. The molecule has 0 aromatic carbocycles. The zero-order valence-corrected chi connectivity index (χ0v) is 27.5. The molecule has 40 heavy (non-hydrogen) atoms. The molecule has 1 atom stereocenters. The van der Waals surface area contributed by atoms with Gasteiger partial charge >= 0.3 is 0 Å². The van der Waals surface area contributed by atoms with Crippen molar-refractivity contribution < 1.29 is 0 Å². The van der Waals surface area contributed by atoms with E-state index >= 15 is 0 Å². The summed E-state index contributed by atoms with van der Waals surface area (Å²) in [5, 5.41) is 0. The van der Waals surface area contributed by atoms with E-state index in [1.165, 1.54) is 60.8 Å². The van der Waals surface area contributed by atoms with E-state index in [-0.39, 0.29) is 0 Å². The molecular weight excluding hydrogens is 480 g/mol. The molecule has 0 amide bonds. The van der Waals surface area contributed by atoms with Crippen molar-refractivity contribution in [1.82, 2.24) is 0 Å². The van der Waals surface area contributed by atoms with Gasteiger partial charge in [-0.2, -0.15) is 0 Å². The molecule has 0 bridgehead atoms. The lowest BCUT2D eigenvalue weighted by Gasteiger charge is -2.33. The SMILES string of the molecule is CC(C=CCC=C(C)C=CC=C(C)C=CC1=C(C)CCCC1(C)C)=CC=CC(C)C=CC1=C(C)CCCC1(C)C. The Bertz CT molecular complexity index is 1150. The van der Waals surface area contributed by atoms with Gasteiger partial charge in [-0.15, -0.1) is 0 Å². The summed E-state index contributed by atoms with van der Waals surface area (Å²) in [6, 6.07) is 0. The molecule has 0 spiro atoms. The summed E-state index contributed by atoms with van der Waals surface area (Å²) >= 11 is 0. The fourth-order valence-corrected chi connectivity index (χ4v) is 5.97. The van der Waals surface area contributed by atoms with Crippen molar-refractivity contribution >= 4 is 0 Å². The Labute approximate surface area is 248 Å². The van der Waals surface area contributed by atoms with E-state index in [0.29, 0.717) is 16.7 Å². The highest BCUT2D eigenvalue weighted by atomic mass is 14.3. The van der Waals surface area contributed by atoms with Crippen molar-refractivity contribution in [2.75, 3.05) is 0 Å². The second-order valence-corrected chi connectivity index (χ2v) is 13.6. The molecule has 0 aliphatic heterocycles. The molecule has 0 aromatic heterocycles. The lowest BCUT2D eigenvalue weighted by molar-refractivity contribution is 0.376. The summed E-state index contributed by atoms with van der Waals surface area (Å²) in [4.78, 5) is 0. The summed E-state index contributed by atoms with van der Waals surface area (Å²) in [5.74, 6) is 0.428. The van der Waals surface area contributed by atoms with Crippen LogP contribution in [-0.2, 0) is 0 Å². The van der Waals surface area contributed by atoms with E-state index in [9.17, 15) is 0 Å². The third kappa shape index (κ3) is 11.5. The van der Waals surface area contributed by atoms with Gasteiger partial charge in [0.1, 0.15) is 0 Å². The Balaban J connectivity index is 1.83. The number of rotatable bonds is 11. The molecule has 2 rings (SSSR count). The van der Waals surface area contributed by atoms with Crippen LogP contribution in [-0.4, -0.2) is 0 Å². The minimum atomic E-state index is 0.296. The highest BCUT2D eigenvalue weighted by molar-refractivity contribution is 5.37. The molecule has 218 valence electrons. The first kappa shape index (κ1) is 33.6. The van der Waals surface area contributed by atoms with Gasteiger partial charge in [-0.1, -0.05) is 141 Å². The van der Waals surface area contributed by atoms with Crippen LogP contribution >= 0.6 is 0 Å². The minimum absolute atomic E-state index is 0.296. The van der Waals surface area contributed by atoms with Crippen molar-refractivity contribution in [3.05, 3.63) is 118 Å². The lowest BCUT2D eigenvalue weighted by atomic mass is 9.72. The molecule has 0 nitrogen and oxygen atoms in total. The summed E-state index contributed by atoms with van der Waals surface area (Å²) in [6.45, 7) is 22.9. The number of hydrogen-bond acceptors (Lipinski definition) is 0. The molecule has 2 aliphatic carbocycles. The first-order valence-corrected chi connectivity index (χ1v) is 15.6. The van der Waals surface area contributed by atoms with Crippen LogP contribution in [0.4, 0.5) is 0 Å². The number of hydrogen-bond donors (Lipinski definition) is 0. The van der Waals surface area contributed by atoms with Crippen LogP contribution in [0.1, 0.15) is 114 Å². The Kier molecular flexibility index (Phi) is 13.4. The van der Waals surface area contributed by atoms with Crippen LogP contribution in [0, 0.1) is 16.7 Å². The lowest BCUT2D eigenvalue weighted by Crippen LogP contribution is -2.19. The molecule has 1 unspecified atom stereocenters. The fraction of sp³-hybridized carbons (Fsp3) is 0.500. The Morgan fingerprint density at radius 1 is 0.700 bits per heavy atom. The van der Waals surface area contributed by atoms with Crippen molar-refractivity contribution in [3.63, 3.8) is 0 Å². The standard InChI is InChI=1S/C40H58/c1-31(19-13-21-33(3)25-27-37-35(5)23-15-29-39(37,7)8)17-11-12-18-32(2)20-14-22-34(4)26-28-38-36(6)24-16-30-40(38,9)10/h11,13-14,17-22,25-28,33H,12,15-16,23-24,29-30H2,1-10H3. The van der Waals surface area contributed by atoms with Crippen molar-refractivity contribution in [2.24, 2.45) is 16.7 Å².